The highest BCUT2D eigenvalue weighted by Crippen LogP contribution is 2.21. The molecule has 0 aliphatic rings. The van der Waals surface area contributed by atoms with E-state index in [0.717, 1.165) is 5.56 Å². The number of nitrogens with zero attached hydrogens (tertiary/aromatic N) is 1. The quantitative estimate of drug-likeness (QED) is 0.647. The summed E-state index contributed by atoms with van der Waals surface area (Å²) in [6.07, 6.45) is 1.54. The van der Waals surface area contributed by atoms with E-state index in [2.05, 4.69) is 15.3 Å². The molecule has 2 aromatic heterocycles. The number of aromatic nitrogens is 2. The molecule has 2 heterocycles. The van der Waals surface area contributed by atoms with Crippen molar-refractivity contribution < 1.29 is 19.1 Å². The normalized spacial score (nSPS) is 10.3. The van der Waals surface area contributed by atoms with Crippen molar-refractivity contribution in [1.82, 2.24) is 9.97 Å². The summed E-state index contributed by atoms with van der Waals surface area (Å²) in [4.78, 5) is 42.8. The molecule has 0 aromatic carbocycles. The number of H-pyrrole nitrogens is 1. The molecule has 0 spiro atoms. The third-order valence-electron chi connectivity index (χ3n) is 3.59. The van der Waals surface area contributed by atoms with Crippen LogP contribution in [0.3, 0.4) is 0 Å². The van der Waals surface area contributed by atoms with Gasteiger partial charge >= 0.3 is 5.97 Å². The average Bonchev–Trinajstić information content (AvgIpc) is 2.85. The molecular formula is C17H19N3O4. The second-order valence-electron chi connectivity index (χ2n) is 5.47. The van der Waals surface area contributed by atoms with Crippen molar-refractivity contribution in [3.63, 3.8) is 0 Å². The lowest BCUT2D eigenvalue weighted by Crippen LogP contribution is -2.17. The number of esters is 1. The number of ketones is 1. The molecule has 0 saturated heterocycles. The minimum absolute atomic E-state index is 0.103. The summed E-state index contributed by atoms with van der Waals surface area (Å²) in [6, 6.07) is 3.52. The standard InChI is InChI=1S/C17H19N3O4/c1-9-5-6-13(18-8-9)20-14(22)7-12-15(17(23)24-4)10(2)16(19-12)11(3)21/h5-6,8,19H,7H2,1-4H3,(H,18,20,22). The summed E-state index contributed by atoms with van der Waals surface area (Å²) in [5.41, 5.74) is 2.31. The first-order valence-electron chi connectivity index (χ1n) is 7.36. The van der Waals surface area contributed by atoms with E-state index in [4.69, 9.17) is 4.74 Å². The van der Waals surface area contributed by atoms with Crippen molar-refractivity contribution in [3.8, 4) is 0 Å². The van der Waals surface area contributed by atoms with Crippen LogP contribution >= 0.6 is 0 Å². The van der Waals surface area contributed by atoms with E-state index < -0.39 is 5.97 Å². The molecule has 126 valence electrons. The van der Waals surface area contributed by atoms with Gasteiger partial charge in [0.15, 0.2) is 5.78 Å². The number of pyridine rings is 1. The Morgan fingerprint density at radius 3 is 2.50 bits per heavy atom. The molecule has 2 N–H and O–H groups in total. The Balaban J connectivity index is 2.26. The van der Waals surface area contributed by atoms with Gasteiger partial charge in [0.2, 0.25) is 5.91 Å². The van der Waals surface area contributed by atoms with E-state index in [9.17, 15) is 14.4 Å². The summed E-state index contributed by atoms with van der Waals surface area (Å²) in [5, 5.41) is 2.65. The van der Waals surface area contributed by atoms with E-state index in [-0.39, 0.29) is 23.7 Å². The van der Waals surface area contributed by atoms with E-state index in [1.165, 1.54) is 14.0 Å². The number of ether oxygens (including phenoxy) is 1. The van der Waals surface area contributed by atoms with Gasteiger partial charge in [-0.05, 0) is 31.0 Å². The zero-order valence-electron chi connectivity index (χ0n) is 14.0. The highest BCUT2D eigenvalue weighted by Gasteiger charge is 2.24. The highest BCUT2D eigenvalue weighted by atomic mass is 16.5. The minimum Gasteiger partial charge on any atom is -0.465 e. The maximum atomic E-state index is 12.2. The largest absolute Gasteiger partial charge is 0.465 e. The smallest absolute Gasteiger partial charge is 0.339 e. The number of anilines is 1. The number of aryl methyl sites for hydroxylation is 1. The third-order valence-corrected chi connectivity index (χ3v) is 3.59. The Bertz CT molecular complexity index is 791. The van der Waals surface area contributed by atoms with Gasteiger partial charge in [-0.1, -0.05) is 6.07 Å². The van der Waals surface area contributed by atoms with Gasteiger partial charge in [0.05, 0.1) is 24.8 Å². The lowest BCUT2D eigenvalue weighted by molar-refractivity contribution is -0.115. The van der Waals surface area contributed by atoms with Gasteiger partial charge in [0.25, 0.3) is 0 Å². The molecule has 2 rings (SSSR count). The number of nitrogens with one attached hydrogen (secondary N) is 2. The van der Waals surface area contributed by atoms with E-state index in [1.54, 1.807) is 19.2 Å². The van der Waals surface area contributed by atoms with Crippen LogP contribution in [0.25, 0.3) is 0 Å². The van der Waals surface area contributed by atoms with Crippen LogP contribution in [-0.4, -0.2) is 34.7 Å². The Kier molecular flexibility index (Phi) is 5.13. The van der Waals surface area contributed by atoms with Crippen LogP contribution in [0.5, 0.6) is 0 Å². The number of Topliss-reactive ketones (excluding diaryl/α,β-unsaturated/α-hetero) is 1. The van der Waals surface area contributed by atoms with Crippen molar-refractivity contribution in [2.75, 3.05) is 12.4 Å². The molecular weight excluding hydrogens is 310 g/mol. The molecule has 1 amide bonds. The van der Waals surface area contributed by atoms with E-state index in [1.807, 2.05) is 13.0 Å². The summed E-state index contributed by atoms with van der Waals surface area (Å²) in [5.74, 6) is -0.745. The molecule has 0 aliphatic heterocycles. The summed E-state index contributed by atoms with van der Waals surface area (Å²) in [7, 11) is 1.25. The Morgan fingerprint density at radius 2 is 1.96 bits per heavy atom. The lowest BCUT2D eigenvalue weighted by atomic mass is 10.1. The van der Waals surface area contributed by atoms with Crippen LogP contribution in [-0.2, 0) is 16.0 Å². The summed E-state index contributed by atoms with van der Waals surface area (Å²) < 4.78 is 4.75. The summed E-state index contributed by atoms with van der Waals surface area (Å²) in [6.45, 7) is 4.93. The van der Waals surface area contributed by atoms with Crippen molar-refractivity contribution >= 4 is 23.5 Å². The first-order valence-corrected chi connectivity index (χ1v) is 7.36. The first kappa shape index (κ1) is 17.4. The minimum atomic E-state index is -0.590. The fourth-order valence-electron chi connectivity index (χ4n) is 2.41. The molecule has 0 saturated carbocycles. The second kappa shape index (κ2) is 7.08. The van der Waals surface area contributed by atoms with Gasteiger partial charge in [-0.15, -0.1) is 0 Å². The molecule has 7 heteroatoms. The number of carbonyl (C=O) groups is 3. The predicted octanol–water partition coefficient (Wildman–Crippen LogP) is 2.20. The Labute approximate surface area is 139 Å². The number of amides is 1. The maximum Gasteiger partial charge on any atom is 0.339 e. The molecule has 0 unspecified atom stereocenters. The van der Waals surface area contributed by atoms with Crippen molar-refractivity contribution in [3.05, 3.63) is 46.4 Å². The first-order chi connectivity index (χ1) is 11.3. The molecule has 0 radical (unpaired) electrons. The predicted molar refractivity (Wildman–Crippen MR) is 88.2 cm³/mol. The number of hydrogen-bond donors (Lipinski definition) is 2. The van der Waals surface area contributed by atoms with Gasteiger partial charge in [-0.2, -0.15) is 0 Å². The fraction of sp³-hybridized carbons (Fsp3) is 0.294. The number of aromatic amines is 1. The highest BCUT2D eigenvalue weighted by molar-refractivity contribution is 6.02. The molecule has 0 bridgehead atoms. The molecule has 0 fully saturated rings. The van der Waals surface area contributed by atoms with Gasteiger partial charge < -0.3 is 15.0 Å². The summed E-state index contributed by atoms with van der Waals surface area (Å²) >= 11 is 0. The SMILES string of the molecule is COC(=O)c1c(CC(=O)Nc2ccc(C)cn2)[nH]c(C(C)=O)c1C. The maximum absolute atomic E-state index is 12.2. The average molecular weight is 329 g/mol. The monoisotopic (exact) mass is 329 g/mol. The van der Waals surface area contributed by atoms with Gasteiger partial charge in [-0.3, -0.25) is 9.59 Å². The van der Waals surface area contributed by atoms with Crippen molar-refractivity contribution in [2.45, 2.75) is 27.2 Å². The zero-order valence-corrected chi connectivity index (χ0v) is 14.0. The number of rotatable bonds is 5. The van der Waals surface area contributed by atoms with E-state index in [0.29, 0.717) is 22.8 Å². The molecule has 2 aromatic rings. The Hall–Kier alpha value is -2.96. The van der Waals surface area contributed by atoms with Crippen LogP contribution in [0.2, 0.25) is 0 Å². The van der Waals surface area contributed by atoms with Crippen LogP contribution < -0.4 is 5.32 Å². The van der Waals surface area contributed by atoms with E-state index >= 15 is 0 Å². The number of methoxy groups -OCH3 is 1. The van der Waals surface area contributed by atoms with Crippen LogP contribution in [0.1, 0.15) is 44.6 Å². The molecule has 0 aliphatic carbocycles. The molecule has 7 nitrogen and oxygen atoms in total. The Morgan fingerprint density at radius 1 is 1.25 bits per heavy atom. The van der Waals surface area contributed by atoms with Crippen LogP contribution in [0.15, 0.2) is 18.3 Å². The third kappa shape index (κ3) is 3.68. The van der Waals surface area contributed by atoms with Gasteiger partial charge in [0, 0.05) is 18.8 Å². The van der Waals surface area contributed by atoms with Crippen LogP contribution in [0, 0.1) is 13.8 Å². The fourth-order valence-corrected chi connectivity index (χ4v) is 2.41. The molecule has 0 atom stereocenters. The lowest BCUT2D eigenvalue weighted by Gasteiger charge is -2.06. The second-order valence-corrected chi connectivity index (χ2v) is 5.47. The van der Waals surface area contributed by atoms with Crippen LogP contribution in [0.4, 0.5) is 5.82 Å². The van der Waals surface area contributed by atoms with Crippen molar-refractivity contribution in [2.24, 2.45) is 0 Å². The topological polar surface area (TPSA) is 101 Å². The van der Waals surface area contributed by atoms with Crippen molar-refractivity contribution in [1.29, 1.82) is 0 Å². The van der Waals surface area contributed by atoms with Gasteiger partial charge in [-0.25, -0.2) is 9.78 Å². The number of hydrogen-bond acceptors (Lipinski definition) is 5. The molecule has 24 heavy (non-hydrogen) atoms. The van der Waals surface area contributed by atoms with Gasteiger partial charge in [0.1, 0.15) is 5.82 Å². The zero-order chi connectivity index (χ0) is 17.9. The number of carbonyl (C=O) groups excluding carboxylic acids is 3.